The van der Waals surface area contributed by atoms with Crippen LogP contribution in [0.2, 0.25) is 0 Å². The summed E-state index contributed by atoms with van der Waals surface area (Å²) in [7, 11) is 0. The summed E-state index contributed by atoms with van der Waals surface area (Å²) in [6, 6.07) is 15.2. The first kappa shape index (κ1) is 24.4. The van der Waals surface area contributed by atoms with Gasteiger partial charge in [0.1, 0.15) is 18.8 Å². The molecular formula is C26H29FN4O4. The molecule has 2 saturated heterocycles. The first-order valence-corrected chi connectivity index (χ1v) is 11.7. The van der Waals surface area contributed by atoms with Crippen LogP contribution in [0.15, 0.2) is 54.6 Å². The Morgan fingerprint density at radius 2 is 1.66 bits per heavy atom. The molecule has 2 N–H and O–H groups in total. The highest BCUT2D eigenvalue weighted by molar-refractivity contribution is 6.04. The number of carbonyl (C=O) groups excluding carboxylic acids is 4. The highest BCUT2D eigenvalue weighted by Gasteiger charge is 2.42. The van der Waals surface area contributed by atoms with Crippen LogP contribution in [0.3, 0.4) is 0 Å². The van der Waals surface area contributed by atoms with Crippen molar-refractivity contribution in [2.24, 2.45) is 0 Å². The predicted octanol–water partition coefficient (Wildman–Crippen LogP) is 2.51. The molecule has 0 bridgehead atoms. The normalized spacial score (nSPS) is 20.8. The van der Waals surface area contributed by atoms with Gasteiger partial charge in [0.2, 0.25) is 11.8 Å². The Balaban J connectivity index is 1.54. The first-order valence-electron chi connectivity index (χ1n) is 11.7. The van der Waals surface area contributed by atoms with Gasteiger partial charge in [0.15, 0.2) is 0 Å². The molecule has 184 valence electrons. The van der Waals surface area contributed by atoms with Gasteiger partial charge in [-0.2, -0.15) is 0 Å². The Kier molecular flexibility index (Phi) is 7.14. The van der Waals surface area contributed by atoms with Crippen molar-refractivity contribution in [3.63, 3.8) is 0 Å². The van der Waals surface area contributed by atoms with Crippen molar-refractivity contribution in [1.29, 1.82) is 0 Å². The molecule has 4 rings (SSSR count). The number of benzene rings is 2. The smallest absolute Gasteiger partial charge is 0.325 e. The van der Waals surface area contributed by atoms with Crippen LogP contribution in [0.4, 0.5) is 9.18 Å². The quantitative estimate of drug-likeness (QED) is 0.595. The van der Waals surface area contributed by atoms with Crippen molar-refractivity contribution in [3.05, 3.63) is 71.3 Å². The number of carbonyl (C=O) groups is 4. The second-order valence-corrected chi connectivity index (χ2v) is 9.21. The van der Waals surface area contributed by atoms with E-state index in [2.05, 4.69) is 24.5 Å². The molecule has 2 heterocycles. The number of hydrogen-bond donors (Lipinski definition) is 2. The van der Waals surface area contributed by atoms with E-state index < -0.39 is 48.6 Å². The Morgan fingerprint density at radius 3 is 2.26 bits per heavy atom. The van der Waals surface area contributed by atoms with Crippen LogP contribution in [0, 0.1) is 0 Å². The Hall–Kier alpha value is -3.75. The van der Waals surface area contributed by atoms with E-state index in [1.165, 1.54) is 5.56 Å². The first-order chi connectivity index (χ1) is 16.7. The minimum Gasteiger partial charge on any atom is -0.343 e. The lowest BCUT2D eigenvalue weighted by Gasteiger charge is -2.28. The van der Waals surface area contributed by atoms with Crippen LogP contribution in [-0.2, 0) is 14.4 Å². The number of nitrogens with zero attached hydrogens (tertiary/aromatic N) is 2. The van der Waals surface area contributed by atoms with Crippen LogP contribution in [-0.4, -0.2) is 65.4 Å². The molecule has 2 aliphatic heterocycles. The van der Waals surface area contributed by atoms with Crippen molar-refractivity contribution in [3.8, 4) is 0 Å². The van der Waals surface area contributed by atoms with Crippen molar-refractivity contribution in [2.45, 2.75) is 44.4 Å². The van der Waals surface area contributed by atoms with Gasteiger partial charge in [-0.3, -0.25) is 19.3 Å². The molecular weight excluding hydrogens is 451 g/mol. The fourth-order valence-corrected chi connectivity index (χ4v) is 4.47. The maximum atomic E-state index is 14.4. The molecule has 0 saturated carbocycles. The van der Waals surface area contributed by atoms with Crippen molar-refractivity contribution in [2.75, 3.05) is 19.6 Å². The van der Waals surface area contributed by atoms with Gasteiger partial charge in [-0.1, -0.05) is 68.4 Å². The number of alkyl halides is 1. The lowest BCUT2D eigenvalue weighted by Crippen LogP contribution is -2.50. The van der Waals surface area contributed by atoms with Crippen LogP contribution in [0.25, 0.3) is 0 Å². The number of halogens is 1. The van der Waals surface area contributed by atoms with Gasteiger partial charge in [0.25, 0.3) is 5.91 Å². The van der Waals surface area contributed by atoms with E-state index in [-0.39, 0.29) is 19.5 Å². The molecule has 0 radical (unpaired) electrons. The van der Waals surface area contributed by atoms with E-state index in [1.54, 1.807) is 0 Å². The van der Waals surface area contributed by atoms with E-state index in [0.29, 0.717) is 5.92 Å². The summed E-state index contributed by atoms with van der Waals surface area (Å²) >= 11 is 0. The van der Waals surface area contributed by atoms with Crippen LogP contribution in [0.5, 0.6) is 0 Å². The van der Waals surface area contributed by atoms with Gasteiger partial charge in [-0.15, -0.1) is 0 Å². The number of amides is 5. The standard InChI is InChI=1S/C26H29FN4O4/c1-16(2)17-8-10-19(11-9-17)24(18-6-4-3-5-7-18)29-25(34)21-12-20(27)14-30(21)23(33)15-31-22(32)13-28-26(31)35/h3-11,16,20-21,24H,12-15H2,1-2H3,(H,28,35)(H,29,34)/t20-,21+,24+/m1/s1. The molecule has 9 heteroatoms. The Morgan fingerprint density at radius 1 is 1.03 bits per heavy atom. The largest absolute Gasteiger partial charge is 0.343 e. The molecule has 5 amide bonds. The molecule has 3 atom stereocenters. The number of nitrogens with one attached hydrogen (secondary N) is 2. The number of likely N-dealkylation sites (tertiary alicyclic amines) is 1. The Labute approximate surface area is 203 Å². The van der Waals surface area contributed by atoms with Gasteiger partial charge in [-0.05, 0) is 22.6 Å². The minimum atomic E-state index is -1.38. The summed E-state index contributed by atoms with van der Waals surface area (Å²) in [6.07, 6.45) is -1.52. The molecule has 35 heavy (non-hydrogen) atoms. The highest BCUT2D eigenvalue weighted by Crippen LogP contribution is 2.27. The summed E-state index contributed by atoms with van der Waals surface area (Å²) in [4.78, 5) is 51.8. The van der Waals surface area contributed by atoms with E-state index in [1.807, 2.05) is 54.6 Å². The topological polar surface area (TPSA) is 98.8 Å². The molecule has 0 aliphatic carbocycles. The van der Waals surface area contributed by atoms with Gasteiger partial charge >= 0.3 is 6.03 Å². The maximum absolute atomic E-state index is 14.4. The van der Waals surface area contributed by atoms with Gasteiger partial charge in [0, 0.05) is 6.42 Å². The summed E-state index contributed by atoms with van der Waals surface area (Å²) in [5, 5.41) is 5.34. The summed E-state index contributed by atoms with van der Waals surface area (Å²) < 4.78 is 14.4. The third-order valence-electron chi connectivity index (χ3n) is 6.46. The van der Waals surface area contributed by atoms with E-state index in [0.717, 1.165) is 20.9 Å². The van der Waals surface area contributed by atoms with Crippen LogP contribution < -0.4 is 10.6 Å². The van der Waals surface area contributed by atoms with Gasteiger partial charge < -0.3 is 15.5 Å². The van der Waals surface area contributed by atoms with E-state index in [4.69, 9.17) is 0 Å². The molecule has 0 aromatic heterocycles. The molecule has 2 aliphatic rings. The van der Waals surface area contributed by atoms with Crippen molar-refractivity contribution < 1.29 is 23.6 Å². The highest BCUT2D eigenvalue weighted by atomic mass is 19.1. The number of hydrogen-bond acceptors (Lipinski definition) is 4. The average molecular weight is 481 g/mol. The lowest BCUT2D eigenvalue weighted by atomic mass is 9.95. The van der Waals surface area contributed by atoms with Crippen molar-refractivity contribution in [1.82, 2.24) is 20.4 Å². The summed E-state index contributed by atoms with van der Waals surface area (Å²) in [5.41, 5.74) is 2.88. The molecule has 2 aromatic rings. The van der Waals surface area contributed by atoms with Gasteiger partial charge in [-0.25, -0.2) is 9.18 Å². The van der Waals surface area contributed by atoms with Crippen LogP contribution in [0.1, 0.15) is 48.9 Å². The zero-order chi connectivity index (χ0) is 25.1. The molecule has 2 aromatic carbocycles. The third-order valence-corrected chi connectivity index (χ3v) is 6.46. The molecule has 8 nitrogen and oxygen atoms in total. The zero-order valence-electron chi connectivity index (χ0n) is 19.7. The average Bonchev–Trinajstić information content (AvgIpc) is 3.40. The van der Waals surface area contributed by atoms with Gasteiger partial charge in [0.05, 0.1) is 19.1 Å². The second kappa shape index (κ2) is 10.2. The Bertz CT molecular complexity index is 1090. The van der Waals surface area contributed by atoms with Crippen LogP contribution >= 0.6 is 0 Å². The lowest BCUT2D eigenvalue weighted by molar-refractivity contribution is -0.141. The number of imide groups is 1. The van der Waals surface area contributed by atoms with E-state index in [9.17, 15) is 23.6 Å². The third kappa shape index (κ3) is 5.34. The SMILES string of the molecule is CC(C)c1ccc([C@@H](NC(=O)[C@@H]2C[C@@H](F)CN2C(=O)CN2C(=O)CNC2=O)c2ccccc2)cc1. The molecule has 0 unspecified atom stereocenters. The summed E-state index contributed by atoms with van der Waals surface area (Å²) in [5.74, 6) is -1.31. The summed E-state index contributed by atoms with van der Waals surface area (Å²) in [6.45, 7) is 3.23. The predicted molar refractivity (Wildman–Crippen MR) is 127 cm³/mol. The number of urea groups is 1. The molecule has 2 fully saturated rings. The fraction of sp³-hybridized carbons (Fsp3) is 0.385. The maximum Gasteiger partial charge on any atom is 0.325 e. The van der Waals surface area contributed by atoms with E-state index >= 15 is 0 Å². The fourth-order valence-electron chi connectivity index (χ4n) is 4.47. The molecule has 0 spiro atoms. The van der Waals surface area contributed by atoms with Crippen molar-refractivity contribution >= 4 is 23.8 Å². The second-order valence-electron chi connectivity index (χ2n) is 9.21. The zero-order valence-corrected chi connectivity index (χ0v) is 19.7. The monoisotopic (exact) mass is 480 g/mol. The minimum absolute atomic E-state index is 0.147. The number of rotatable bonds is 7.